The first-order chi connectivity index (χ1) is 2.27. The molecule has 1 heteroatoms. The van der Waals surface area contributed by atoms with E-state index in [9.17, 15) is 0 Å². The summed E-state index contributed by atoms with van der Waals surface area (Å²) in [6.07, 6.45) is 0. The van der Waals surface area contributed by atoms with Crippen molar-refractivity contribution >= 4 is 0 Å². The molecule has 0 amide bonds. The lowest BCUT2D eigenvalue weighted by Gasteiger charge is -1.88. The van der Waals surface area contributed by atoms with Gasteiger partial charge in [0.1, 0.15) is 0 Å². The minimum Gasteiger partial charge on any atom is -0.502 e. The third-order valence-corrected chi connectivity index (χ3v) is 0.289. The van der Waals surface area contributed by atoms with Crippen molar-refractivity contribution < 1.29 is 4.74 Å². The molecule has 5 heavy (non-hydrogen) atoms. The number of hydrogen-bond donors (Lipinski definition) is 0. The van der Waals surface area contributed by atoms with Crippen LogP contribution < -0.4 is 0 Å². The molecule has 0 aliphatic heterocycles. The van der Waals surface area contributed by atoms with Crippen LogP contribution in [0.3, 0.4) is 0 Å². The molecule has 0 fully saturated rings. The molecular formula is C4H7O. The summed E-state index contributed by atoms with van der Waals surface area (Å²) in [5.74, 6) is 0.505. The Morgan fingerprint density at radius 3 is 2.00 bits per heavy atom. The second kappa shape index (κ2) is 1.82. The van der Waals surface area contributed by atoms with Crippen LogP contribution >= 0.6 is 0 Å². The van der Waals surface area contributed by atoms with Crippen molar-refractivity contribution in [3.8, 4) is 0 Å². The minimum absolute atomic E-state index is 0.505. The molecule has 0 saturated heterocycles. The van der Waals surface area contributed by atoms with E-state index < -0.39 is 0 Å². The third kappa shape index (κ3) is 3.54. The maximum atomic E-state index is 4.44. The highest BCUT2D eigenvalue weighted by Crippen LogP contribution is 1.79. The van der Waals surface area contributed by atoms with Gasteiger partial charge in [-0.15, -0.1) is 0 Å². The monoisotopic (exact) mass is 71.0 g/mol. The summed E-state index contributed by atoms with van der Waals surface area (Å²) in [6, 6.07) is 0. The lowest BCUT2D eigenvalue weighted by molar-refractivity contribution is 0.307. The molecule has 0 aliphatic carbocycles. The van der Waals surface area contributed by atoms with Crippen LogP contribution in [0.5, 0.6) is 0 Å². The first-order valence-corrected chi connectivity index (χ1v) is 1.32. The van der Waals surface area contributed by atoms with E-state index in [0.717, 1.165) is 0 Å². The fraction of sp³-hybridized carbons (Fsp3) is 0.250. The highest BCUT2D eigenvalue weighted by Gasteiger charge is 1.65. The van der Waals surface area contributed by atoms with Crippen LogP contribution in [0.2, 0.25) is 0 Å². The van der Waals surface area contributed by atoms with Gasteiger partial charge in [-0.25, -0.2) is 0 Å². The van der Waals surface area contributed by atoms with Gasteiger partial charge in [0.2, 0.25) is 0 Å². The molecule has 1 radical (unpaired) electrons. The van der Waals surface area contributed by atoms with Gasteiger partial charge >= 0.3 is 0 Å². The fourth-order valence-corrected chi connectivity index (χ4v) is 0. The fourth-order valence-electron chi connectivity index (χ4n) is 0. The van der Waals surface area contributed by atoms with Crippen LogP contribution in [0.1, 0.15) is 0 Å². The second-order valence-electron chi connectivity index (χ2n) is 0.743. The van der Waals surface area contributed by atoms with E-state index in [2.05, 4.69) is 18.2 Å². The van der Waals surface area contributed by atoms with E-state index in [-0.39, 0.29) is 0 Å². The Labute approximate surface area is 32.3 Å². The molecule has 0 rings (SSSR count). The van der Waals surface area contributed by atoms with Gasteiger partial charge in [-0.3, -0.25) is 0 Å². The summed E-state index contributed by atoms with van der Waals surface area (Å²) < 4.78 is 4.44. The van der Waals surface area contributed by atoms with Crippen molar-refractivity contribution in [1.82, 2.24) is 0 Å². The zero-order valence-electron chi connectivity index (χ0n) is 3.32. The van der Waals surface area contributed by atoms with Gasteiger partial charge in [-0.05, 0) is 0 Å². The van der Waals surface area contributed by atoms with Gasteiger partial charge in [0, 0.05) is 6.92 Å². The van der Waals surface area contributed by atoms with Crippen LogP contribution in [0, 0.1) is 6.92 Å². The molecule has 0 atom stereocenters. The molecule has 1 nitrogen and oxygen atoms in total. The SMILES string of the molecule is [CH2]C(=C)OC. The maximum absolute atomic E-state index is 4.44. The van der Waals surface area contributed by atoms with Gasteiger partial charge in [0.15, 0.2) is 0 Å². The number of methoxy groups -OCH3 is 1. The number of hydrogen-bond acceptors (Lipinski definition) is 1. The predicted molar refractivity (Wildman–Crippen MR) is 21.5 cm³/mol. The van der Waals surface area contributed by atoms with Gasteiger partial charge in [0.25, 0.3) is 0 Å². The molecule has 0 bridgehead atoms. The molecule has 0 N–H and O–H groups in total. The van der Waals surface area contributed by atoms with Crippen molar-refractivity contribution in [3.05, 3.63) is 19.3 Å². The summed E-state index contributed by atoms with van der Waals surface area (Å²) in [7, 11) is 1.54. The zero-order chi connectivity index (χ0) is 4.28. The summed E-state index contributed by atoms with van der Waals surface area (Å²) in [6.45, 7) is 6.68. The molecule has 0 heterocycles. The Kier molecular flexibility index (Phi) is 1.65. The van der Waals surface area contributed by atoms with Crippen molar-refractivity contribution in [3.63, 3.8) is 0 Å². The maximum Gasteiger partial charge on any atom is 0.0888 e. The number of rotatable bonds is 1. The standard InChI is InChI=1S/C4H7O/c1-4(2)5-3/h1-2H2,3H3. The van der Waals surface area contributed by atoms with Gasteiger partial charge < -0.3 is 4.74 Å². The normalized spacial score (nSPS) is 6.80. The van der Waals surface area contributed by atoms with Crippen molar-refractivity contribution in [2.75, 3.05) is 7.11 Å². The van der Waals surface area contributed by atoms with Gasteiger partial charge in [-0.1, -0.05) is 6.58 Å². The minimum atomic E-state index is 0.505. The van der Waals surface area contributed by atoms with E-state index in [4.69, 9.17) is 0 Å². The molecule has 0 aromatic carbocycles. The van der Waals surface area contributed by atoms with Crippen LogP contribution in [-0.2, 0) is 4.74 Å². The molecule has 0 saturated carbocycles. The Morgan fingerprint density at radius 2 is 2.00 bits per heavy atom. The molecule has 0 aromatic rings. The topological polar surface area (TPSA) is 9.23 Å². The molecule has 0 spiro atoms. The van der Waals surface area contributed by atoms with Crippen molar-refractivity contribution in [1.29, 1.82) is 0 Å². The van der Waals surface area contributed by atoms with Crippen molar-refractivity contribution in [2.45, 2.75) is 0 Å². The second-order valence-corrected chi connectivity index (χ2v) is 0.743. The van der Waals surface area contributed by atoms with Crippen LogP contribution in [0.4, 0.5) is 0 Å². The van der Waals surface area contributed by atoms with E-state index in [1.165, 1.54) is 7.11 Å². The summed E-state index contributed by atoms with van der Waals surface area (Å²) >= 11 is 0. The van der Waals surface area contributed by atoms with Gasteiger partial charge in [0.05, 0.1) is 12.9 Å². The zero-order valence-corrected chi connectivity index (χ0v) is 3.32. The average molecular weight is 71.1 g/mol. The quantitative estimate of drug-likeness (QED) is 0.419. The molecular weight excluding hydrogens is 64.0 g/mol. The van der Waals surface area contributed by atoms with Crippen molar-refractivity contribution in [2.24, 2.45) is 0 Å². The molecule has 29 valence electrons. The van der Waals surface area contributed by atoms with E-state index in [1.807, 2.05) is 0 Å². The summed E-state index contributed by atoms with van der Waals surface area (Å²) in [5, 5.41) is 0. The number of ether oxygens (including phenoxy) is 1. The summed E-state index contributed by atoms with van der Waals surface area (Å²) in [5.41, 5.74) is 0. The molecule has 0 unspecified atom stereocenters. The van der Waals surface area contributed by atoms with Crippen LogP contribution in [0.15, 0.2) is 12.3 Å². The van der Waals surface area contributed by atoms with Crippen LogP contribution in [0.25, 0.3) is 0 Å². The van der Waals surface area contributed by atoms with Crippen LogP contribution in [-0.4, -0.2) is 7.11 Å². The highest BCUT2D eigenvalue weighted by atomic mass is 16.5. The largest absolute Gasteiger partial charge is 0.502 e. The smallest absolute Gasteiger partial charge is 0.0888 e. The highest BCUT2D eigenvalue weighted by molar-refractivity contribution is 4.83. The Balaban J connectivity index is 2.85. The third-order valence-electron chi connectivity index (χ3n) is 0.289. The summed E-state index contributed by atoms with van der Waals surface area (Å²) in [4.78, 5) is 0. The Hall–Kier alpha value is -0.460. The Bertz CT molecular complexity index is 38.9. The van der Waals surface area contributed by atoms with E-state index in [0.29, 0.717) is 5.76 Å². The lowest BCUT2D eigenvalue weighted by Crippen LogP contribution is -1.70. The van der Waals surface area contributed by atoms with E-state index >= 15 is 0 Å². The van der Waals surface area contributed by atoms with E-state index in [1.54, 1.807) is 0 Å². The lowest BCUT2D eigenvalue weighted by atomic mass is 10.7. The predicted octanol–water partition coefficient (Wildman–Crippen LogP) is 0.981. The molecule has 0 aliphatic rings. The average Bonchev–Trinajstić information content (AvgIpc) is 1.38. The first-order valence-electron chi connectivity index (χ1n) is 1.32. The molecule has 0 aromatic heterocycles. The number of allylic oxidation sites excluding steroid dienone is 1. The Morgan fingerprint density at radius 1 is 1.80 bits per heavy atom. The van der Waals surface area contributed by atoms with Gasteiger partial charge in [-0.2, -0.15) is 0 Å². The first kappa shape index (κ1) is 4.54.